The molecule has 0 N–H and O–H groups in total. The predicted octanol–water partition coefficient (Wildman–Crippen LogP) is 3.74. The van der Waals surface area contributed by atoms with Gasteiger partial charge < -0.3 is 9.64 Å². The monoisotopic (exact) mass is 417 g/mol. The largest absolute Gasteiger partial charge is 0.433 e. The van der Waals surface area contributed by atoms with E-state index in [-0.39, 0.29) is 31.3 Å². The van der Waals surface area contributed by atoms with Gasteiger partial charge in [-0.05, 0) is 17.7 Å². The van der Waals surface area contributed by atoms with E-state index in [1.165, 1.54) is 16.6 Å². The molecule has 6 nitrogen and oxygen atoms in total. The van der Waals surface area contributed by atoms with Crippen LogP contribution in [0.1, 0.15) is 22.9 Å². The Kier molecular flexibility index (Phi) is 4.60. The first-order chi connectivity index (χ1) is 13.6. The zero-order chi connectivity index (χ0) is 20.8. The molecule has 3 aromatic rings. The maximum Gasteiger partial charge on any atom is 0.433 e. The standard InChI is InChI=1S/C17H13F6N5O/c18-16(19,20)11-3-1-10(2-4-11)12-8-27(5-6-29-12)14-7-13(17(21,22)23)26-15-24-9-25-28(14)15/h1-4,7,9,12H,5-6,8H2. The van der Waals surface area contributed by atoms with Gasteiger partial charge in [-0.15, -0.1) is 0 Å². The maximum atomic E-state index is 13.2. The van der Waals surface area contributed by atoms with E-state index in [1.807, 2.05) is 0 Å². The Morgan fingerprint density at radius 2 is 1.72 bits per heavy atom. The molecule has 0 bridgehead atoms. The van der Waals surface area contributed by atoms with Crippen molar-refractivity contribution in [3.63, 3.8) is 0 Å². The molecule has 29 heavy (non-hydrogen) atoms. The van der Waals surface area contributed by atoms with Crippen LogP contribution in [-0.4, -0.2) is 39.3 Å². The van der Waals surface area contributed by atoms with Crippen LogP contribution in [0.15, 0.2) is 36.7 Å². The van der Waals surface area contributed by atoms with Gasteiger partial charge in [-0.25, -0.2) is 4.98 Å². The van der Waals surface area contributed by atoms with Crippen LogP contribution < -0.4 is 4.90 Å². The number of aromatic nitrogens is 4. The van der Waals surface area contributed by atoms with Crippen LogP contribution >= 0.6 is 0 Å². The molecular weight excluding hydrogens is 404 g/mol. The average molecular weight is 417 g/mol. The first kappa shape index (κ1) is 19.4. The summed E-state index contributed by atoms with van der Waals surface area (Å²) in [5, 5.41) is 3.92. The number of alkyl halides is 6. The lowest BCUT2D eigenvalue weighted by molar-refractivity contribution is -0.141. The minimum Gasteiger partial charge on any atom is -0.370 e. The molecule has 0 spiro atoms. The van der Waals surface area contributed by atoms with Gasteiger partial charge in [0.25, 0.3) is 5.78 Å². The molecule has 1 aliphatic rings. The predicted molar refractivity (Wildman–Crippen MR) is 88.1 cm³/mol. The zero-order valence-corrected chi connectivity index (χ0v) is 14.6. The lowest BCUT2D eigenvalue weighted by atomic mass is 10.1. The van der Waals surface area contributed by atoms with E-state index in [0.29, 0.717) is 5.56 Å². The first-order valence-corrected chi connectivity index (χ1v) is 8.44. The summed E-state index contributed by atoms with van der Waals surface area (Å²) >= 11 is 0. The topological polar surface area (TPSA) is 55.6 Å². The third-order valence-electron chi connectivity index (χ3n) is 4.52. The highest BCUT2D eigenvalue weighted by Gasteiger charge is 2.35. The number of anilines is 1. The molecule has 154 valence electrons. The van der Waals surface area contributed by atoms with Crippen LogP contribution in [0.4, 0.5) is 32.2 Å². The summed E-state index contributed by atoms with van der Waals surface area (Å²) in [5.41, 5.74) is -1.41. The number of hydrogen-bond donors (Lipinski definition) is 0. The Labute approximate surface area is 159 Å². The molecule has 1 fully saturated rings. The number of morpholine rings is 1. The fraction of sp³-hybridized carbons (Fsp3) is 0.353. The molecule has 0 saturated carbocycles. The van der Waals surface area contributed by atoms with E-state index in [9.17, 15) is 26.3 Å². The molecule has 0 aliphatic carbocycles. The Morgan fingerprint density at radius 1 is 1.00 bits per heavy atom. The quantitative estimate of drug-likeness (QED) is 0.595. The number of ether oxygens (including phenoxy) is 1. The van der Waals surface area contributed by atoms with E-state index in [4.69, 9.17) is 4.74 Å². The van der Waals surface area contributed by atoms with Gasteiger partial charge in [0.1, 0.15) is 18.2 Å². The molecule has 2 aromatic heterocycles. The molecule has 3 heterocycles. The molecule has 1 aliphatic heterocycles. The van der Waals surface area contributed by atoms with Crippen molar-refractivity contribution < 1.29 is 31.1 Å². The summed E-state index contributed by atoms with van der Waals surface area (Å²) in [6.45, 7) is 0.570. The maximum absolute atomic E-state index is 13.2. The Balaban J connectivity index is 1.64. The van der Waals surface area contributed by atoms with Crippen molar-refractivity contribution in [2.24, 2.45) is 0 Å². The van der Waals surface area contributed by atoms with Gasteiger partial charge in [0.2, 0.25) is 0 Å². The van der Waals surface area contributed by atoms with Crippen molar-refractivity contribution >= 4 is 11.6 Å². The number of fused-ring (bicyclic) bond motifs is 1. The second kappa shape index (κ2) is 6.87. The van der Waals surface area contributed by atoms with Crippen molar-refractivity contribution in [1.29, 1.82) is 0 Å². The molecule has 1 aromatic carbocycles. The van der Waals surface area contributed by atoms with Gasteiger partial charge >= 0.3 is 12.4 Å². The molecule has 4 rings (SSSR count). The SMILES string of the molecule is FC(F)(F)c1ccc(C2CN(c3cc(C(F)(F)F)nc4ncnn34)CCO2)cc1. The van der Waals surface area contributed by atoms with E-state index in [0.717, 1.165) is 24.5 Å². The van der Waals surface area contributed by atoms with Crippen LogP contribution in [0.25, 0.3) is 5.78 Å². The third kappa shape index (κ3) is 3.84. The Hall–Kier alpha value is -2.89. The smallest absolute Gasteiger partial charge is 0.370 e. The molecule has 0 amide bonds. The number of rotatable bonds is 2. The summed E-state index contributed by atoms with van der Waals surface area (Å²) in [6, 6.07) is 5.37. The van der Waals surface area contributed by atoms with Crippen molar-refractivity contribution in [1.82, 2.24) is 19.6 Å². The lowest BCUT2D eigenvalue weighted by Gasteiger charge is -2.34. The van der Waals surface area contributed by atoms with Gasteiger partial charge in [0.05, 0.1) is 12.2 Å². The van der Waals surface area contributed by atoms with E-state index in [1.54, 1.807) is 4.90 Å². The van der Waals surface area contributed by atoms with Crippen molar-refractivity contribution in [2.75, 3.05) is 24.6 Å². The van der Waals surface area contributed by atoms with Crippen LogP contribution in [0.5, 0.6) is 0 Å². The average Bonchev–Trinajstić information content (AvgIpc) is 3.15. The number of halogens is 6. The molecule has 1 saturated heterocycles. The molecule has 12 heteroatoms. The van der Waals surface area contributed by atoms with E-state index < -0.39 is 29.7 Å². The molecule has 0 radical (unpaired) electrons. The minimum atomic E-state index is -4.67. The highest BCUT2D eigenvalue weighted by atomic mass is 19.4. The summed E-state index contributed by atoms with van der Waals surface area (Å²) < 4.78 is 84.6. The van der Waals surface area contributed by atoms with Crippen LogP contribution in [0.3, 0.4) is 0 Å². The van der Waals surface area contributed by atoms with Crippen molar-refractivity contribution in [3.8, 4) is 0 Å². The lowest BCUT2D eigenvalue weighted by Crippen LogP contribution is -2.39. The number of nitrogens with zero attached hydrogens (tertiary/aromatic N) is 5. The highest BCUT2D eigenvalue weighted by molar-refractivity contribution is 5.48. The van der Waals surface area contributed by atoms with Gasteiger partial charge in [0, 0.05) is 19.2 Å². The summed E-state index contributed by atoms with van der Waals surface area (Å²) in [7, 11) is 0. The number of hydrogen-bond acceptors (Lipinski definition) is 5. The van der Waals surface area contributed by atoms with E-state index in [2.05, 4.69) is 15.1 Å². The highest BCUT2D eigenvalue weighted by Crippen LogP contribution is 2.34. The minimum absolute atomic E-state index is 0.125. The second-order valence-electron chi connectivity index (χ2n) is 6.39. The van der Waals surface area contributed by atoms with Crippen LogP contribution in [0, 0.1) is 0 Å². The van der Waals surface area contributed by atoms with Gasteiger partial charge in [-0.1, -0.05) is 12.1 Å². The van der Waals surface area contributed by atoms with Gasteiger partial charge in [0.15, 0.2) is 5.69 Å². The van der Waals surface area contributed by atoms with Crippen molar-refractivity contribution in [2.45, 2.75) is 18.5 Å². The summed E-state index contributed by atoms with van der Waals surface area (Å²) in [5.74, 6) is -0.0765. The normalized spacial score (nSPS) is 18.4. The van der Waals surface area contributed by atoms with Gasteiger partial charge in [-0.2, -0.15) is 40.9 Å². The fourth-order valence-corrected chi connectivity index (χ4v) is 3.11. The molecule has 1 unspecified atom stereocenters. The van der Waals surface area contributed by atoms with Crippen molar-refractivity contribution in [3.05, 3.63) is 53.5 Å². The summed E-state index contributed by atoms with van der Waals surface area (Å²) in [6.07, 6.45) is -8.64. The fourth-order valence-electron chi connectivity index (χ4n) is 3.11. The number of benzene rings is 1. The Bertz CT molecular complexity index is 1010. The summed E-state index contributed by atoms with van der Waals surface area (Å²) in [4.78, 5) is 8.82. The van der Waals surface area contributed by atoms with E-state index >= 15 is 0 Å². The molecule has 1 atom stereocenters. The van der Waals surface area contributed by atoms with Gasteiger partial charge in [-0.3, -0.25) is 0 Å². The first-order valence-electron chi connectivity index (χ1n) is 8.44. The third-order valence-corrected chi connectivity index (χ3v) is 4.52. The Morgan fingerprint density at radius 3 is 2.38 bits per heavy atom. The van der Waals surface area contributed by atoms with Crippen LogP contribution in [0.2, 0.25) is 0 Å². The molecular formula is C17H13F6N5O. The second-order valence-corrected chi connectivity index (χ2v) is 6.39. The zero-order valence-electron chi connectivity index (χ0n) is 14.6. The van der Waals surface area contributed by atoms with Crippen LogP contribution in [-0.2, 0) is 17.1 Å².